The minimum absolute atomic E-state index is 0.101. The molecular formula is C10H9F5. The summed E-state index contributed by atoms with van der Waals surface area (Å²) < 4.78 is 60.8. The van der Waals surface area contributed by atoms with Crippen LogP contribution in [0.4, 0.5) is 22.0 Å². The molecule has 0 aliphatic rings. The Bertz CT molecular complexity index is 318. The van der Waals surface area contributed by atoms with Crippen molar-refractivity contribution in [2.24, 2.45) is 0 Å². The van der Waals surface area contributed by atoms with Crippen molar-refractivity contribution < 1.29 is 22.0 Å². The maximum Gasteiger partial charge on any atom is 0.419 e. The average Bonchev–Trinajstić information content (AvgIpc) is 2.14. The summed E-state index contributed by atoms with van der Waals surface area (Å²) in [6.45, 7) is 0. The summed E-state index contributed by atoms with van der Waals surface area (Å²) in [5.41, 5.74) is 0.101. The molecule has 0 aliphatic heterocycles. The lowest BCUT2D eigenvalue weighted by Gasteiger charge is -2.11. The summed E-state index contributed by atoms with van der Waals surface area (Å²) in [7, 11) is 0. The SMILES string of the molecule is Fc1ccccc1CCC(F)C(F)(F)F. The Kier molecular flexibility index (Phi) is 3.66. The van der Waals surface area contributed by atoms with Crippen LogP contribution in [-0.4, -0.2) is 12.3 Å². The van der Waals surface area contributed by atoms with Crippen LogP contribution >= 0.6 is 0 Å². The van der Waals surface area contributed by atoms with Gasteiger partial charge in [-0.15, -0.1) is 0 Å². The van der Waals surface area contributed by atoms with Gasteiger partial charge in [-0.2, -0.15) is 13.2 Å². The zero-order chi connectivity index (χ0) is 11.5. The second-order valence-electron chi connectivity index (χ2n) is 3.14. The molecule has 1 aromatic carbocycles. The van der Waals surface area contributed by atoms with E-state index in [2.05, 4.69) is 0 Å². The molecule has 5 heteroatoms. The molecule has 1 rings (SSSR count). The molecule has 1 atom stereocenters. The molecule has 1 aromatic rings. The Hall–Kier alpha value is -1.13. The van der Waals surface area contributed by atoms with Crippen LogP contribution in [0.1, 0.15) is 12.0 Å². The molecule has 84 valence electrons. The normalized spacial score (nSPS) is 13.9. The van der Waals surface area contributed by atoms with Crippen molar-refractivity contribution in [1.29, 1.82) is 0 Å². The van der Waals surface area contributed by atoms with Crippen LogP contribution in [0, 0.1) is 5.82 Å². The molecule has 0 radical (unpaired) electrons. The van der Waals surface area contributed by atoms with Crippen LogP contribution in [0.5, 0.6) is 0 Å². The van der Waals surface area contributed by atoms with Crippen molar-refractivity contribution >= 4 is 0 Å². The molecule has 0 fully saturated rings. The highest BCUT2D eigenvalue weighted by molar-refractivity contribution is 5.17. The molecular weight excluding hydrogens is 215 g/mol. The molecule has 0 aliphatic carbocycles. The van der Waals surface area contributed by atoms with Crippen molar-refractivity contribution in [2.75, 3.05) is 0 Å². The zero-order valence-electron chi connectivity index (χ0n) is 7.69. The lowest BCUT2D eigenvalue weighted by atomic mass is 10.1. The van der Waals surface area contributed by atoms with E-state index in [0.717, 1.165) is 6.07 Å². The summed E-state index contributed by atoms with van der Waals surface area (Å²) in [6.07, 6.45) is -8.75. The standard InChI is InChI=1S/C10H9F5/c11-8-4-2-1-3-7(8)5-6-9(12)10(13,14)15/h1-4,9H,5-6H2. The van der Waals surface area contributed by atoms with E-state index in [-0.39, 0.29) is 12.0 Å². The number of rotatable bonds is 3. The molecule has 0 heterocycles. The van der Waals surface area contributed by atoms with E-state index in [4.69, 9.17) is 0 Å². The average molecular weight is 224 g/mol. The summed E-state index contributed by atoms with van der Waals surface area (Å²) in [5, 5.41) is 0. The highest BCUT2D eigenvalue weighted by Gasteiger charge is 2.39. The molecule has 0 saturated heterocycles. The Morgan fingerprint density at radius 3 is 2.27 bits per heavy atom. The largest absolute Gasteiger partial charge is 0.419 e. The van der Waals surface area contributed by atoms with Gasteiger partial charge in [-0.3, -0.25) is 0 Å². The van der Waals surface area contributed by atoms with Gasteiger partial charge in [0, 0.05) is 0 Å². The van der Waals surface area contributed by atoms with Crippen LogP contribution in [0.25, 0.3) is 0 Å². The predicted octanol–water partition coefficient (Wildman–Crippen LogP) is 3.66. The van der Waals surface area contributed by atoms with Gasteiger partial charge in [-0.05, 0) is 24.5 Å². The number of halogens is 5. The fourth-order valence-corrected chi connectivity index (χ4v) is 1.15. The van der Waals surface area contributed by atoms with E-state index >= 15 is 0 Å². The monoisotopic (exact) mass is 224 g/mol. The lowest BCUT2D eigenvalue weighted by molar-refractivity contribution is -0.181. The van der Waals surface area contributed by atoms with Gasteiger partial charge in [0.05, 0.1) is 0 Å². The van der Waals surface area contributed by atoms with E-state index in [1.54, 1.807) is 0 Å². The first-order valence-corrected chi connectivity index (χ1v) is 4.35. The van der Waals surface area contributed by atoms with Crippen molar-refractivity contribution in [1.82, 2.24) is 0 Å². The number of aryl methyl sites for hydroxylation is 1. The molecule has 0 amide bonds. The first-order valence-electron chi connectivity index (χ1n) is 4.35. The Morgan fingerprint density at radius 1 is 1.13 bits per heavy atom. The minimum Gasteiger partial charge on any atom is -0.237 e. The Balaban J connectivity index is 2.55. The molecule has 0 N–H and O–H groups in total. The first kappa shape index (κ1) is 11.9. The van der Waals surface area contributed by atoms with Crippen molar-refractivity contribution in [3.05, 3.63) is 35.6 Å². The molecule has 0 aromatic heterocycles. The maximum absolute atomic E-state index is 12.9. The summed E-state index contributed by atoms with van der Waals surface area (Å²) in [4.78, 5) is 0. The van der Waals surface area contributed by atoms with Gasteiger partial charge in [0.1, 0.15) is 5.82 Å². The number of alkyl halides is 4. The second kappa shape index (κ2) is 4.59. The van der Waals surface area contributed by atoms with Crippen LogP contribution in [0.15, 0.2) is 24.3 Å². The van der Waals surface area contributed by atoms with E-state index < -0.39 is 24.6 Å². The third-order valence-electron chi connectivity index (χ3n) is 1.98. The van der Waals surface area contributed by atoms with E-state index in [1.165, 1.54) is 18.2 Å². The van der Waals surface area contributed by atoms with Crippen LogP contribution in [0.3, 0.4) is 0 Å². The number of hydrogen-bond donors (Lipinski definition) is 0. The first-order chi connectivity index (χ1) is 6.91. The highest BCUT2D eigenvalue weighted by Crippen LogP contribution is 2.26. The summed E-state index contributed by atoms with van der Waals surface area (Å²) in [6, 6.07) is 5.41. The molecule has 1 unspecified atom stereocenters. The summed E-state index contributed by atoms with van der Waals surface area (Å²) in [5.74, 6) is -0.605. The number of benzene rings is 1. The summed E-state index contributed by atoms with van der Waals surface area (Å²) >= 11 is 0. The third kappa shape index (κ3) is 3.49. The van der Waals surface area contributed by atoms with E-state index in [9.17, 15) is 22.0 Å². The molecule has 0 saturated carbocycles. The Morgan fingerprint density at radius 2 is 1.73 bits per heavy atom. The van der Waals surface area contributed by atoms with Crippen LogP contribution in [-0.2, 0) is 6.42 Å². The fourth-order valence-electron chi connectivity index (χ4n) is 1.15. The Labute approximate surface area is 83.7 Å². The minimum atomic E-state index is -4.86. The molecule has 0 bridgehead atoms. The van der Waals surface area contributed by atoms with Crippen molar-refractivity contribution in [3.63, 3.8) is 0 Å². The number of hydrogen-bond acceptors (Lipinski definition) is 0. The molecule has 0 spiro atoms. The van der Waals surface area contributed by atoms with E-state index in [0.29, 0.717) is 0 Å². The predicted molar refractivity (Wildman–Crippen MR) is 45.7 cm³/mol. The topological polar surface area (TPSA) is 0 Å². The van der Waals surface area contributed by atoms with Gasteiger partial charge in [-0.1, -0.05) is 18.2 Å². The van der Waals surface area contributed by atoms with Crippen molar-refractivity contribution in [2.45, 2.75) is 25.2 Å². The van der Waals surface area contributed by atoms with Gasteiger partial charge >= 0.3 is 6.18 Å². The van der Waals surface area contributed by atoms with Gasteiger partial charge in [0.15, 0.2) is 6.17 Å². The molecule has 0 nitrogen and oxygen atoms in total. The molecule has 15 heavy (non-hydrogen) atoms. The van der Waals surface area contributed by atoms with Gasteiger partial charge < -0.3 is 0 Å². The quantitative estimate of drug-likeness (QED) is 0.687. The van der Waals surface area contributed by atoms with Gasteiger partial charge in [-0.25, -0.2) is 8.78 Å². The second-order valence-corrected chi connectivity index (χ2v) is 3.14. The van der Waals surface area contributed by atoms with E-state index in [1.807, 2.05) is 0 Å². The maximum atomic E-state index is 12.9. The third-order valence-corrected chi connectivity index (χ3v) is 1.98. The van der Waals surface area contributed by atoms with Gasteiger partial charge in [0.25, 0.3) is 0 Å². The van der Waals surface area contributed by atoms with Crippen molar-refractivity contribution in [3.8, 4) is 0 Å². The zero-order valence-corrected chi connectivity index (χ0v) is 7.69. The smallest absolute Gasteiger partial charge is 0.237 e. The fraction of sp³-hybridized carbons (Fsp3) is 0.400. The van der Waals surface area contributed by atoms with Crippen LogP contribution in [0.2, 0.25) is 0 Å². The highest BCUT2D eigenvalue weighted by atomic mass is 19.4. The van der Waals surface area contributed by atoms with Crippen LogP contribution < -0.4 is 0 Å². The van der Waals surface area contributed by atoms with Gasteiger partial charge in [0.2, 0.25) is 0 Å². The lowest BCUT2D eigenvalue weighted by Crippen LogP contribution is -2.24.